The summed E-state index contributed by atoms with van der Waals surface area (Å²) >= 11 is 0. The van der Waals surface area contributed by atoms with Crippen LogP contribution in [0.5, 0.6) is 0 Å². The number of nitrogens with zero attached hydrogens (tertiary/aromatic N) is 1. The van der Waals surface area contributed by atoms with Gasteiger partial charge in [0, 0.05) is 0 Å². The van der Waals surface area contributed by atoms with Crippen molar-refractivity contribution in [3.63, 3.8) is 0 Å². The van der Waals surface area contributed by atoms with Gasteiger partial charge >= 0.3 is 12.1 Å². The van der Waals surface area contributed by atoms with E-state index in [-0.39, 0.29) is 5.56 Å². The number of alkyl halides is 3. The zero-order chi connectivity index (χ0) is 13.2. The molecule has 0 saturated carbocycles. The van der Waals surface area contributed by atoms with Crippen LogP contribution in [0.4, 0.5) is 13.2 Å². The lowest BCUT2D eigenvalue weighted by Gasteiger charge is -2.14. The van der Waals surface area contributed by atoms with Gasteiger partial charge in [-0.1, -0.05) is 6.07 Å². The Labute approximate surface area is 95.1 Å². The molecule has 1 N–H and O–H groups in total. The molecule has 0 bridgehead atoms. The van der Waals surface area contributed by atoms with Crippen LogP contribution in [0.1, 0.15) is 22.3 Å². The van der Waals surface area contributed by atoms with E-state index in [4.69, 9.17) is 10.4 Å². The fourth-order valence-electron chi connectivity index (χ4n) is 1.59. The molecule has 0 heterocycles. The van der Waals surface area contributed by atoms with Gasteiger partial charge in [0.15, 0.2) is 0 Å². The molecule has 1 aromatic carbocycles. The Morgan fingerprint density at radius 3 is 2.47 bits per heavy atom. The van der Waals surface area contributed by atoms with Crippen LogP contribution >= 0.6 is 0 Å². The Morgan fingerprint density at radius 1 is 1.47 bits per heavy atom. The van der Waals surface area contributed by atoms with Gasteiger partial charge in [-0.3, -0.25) is 4.79 Å². The second kappa shape index (κ2) is 4.45. The Bertz CT molecular complexity index is 501. The van der Waals surface area contributed by atoms with Crippen molar-refractivity contribution in [1.82, 2.24) is 0 Å². The molecule has 0 atom stereocenters. The monoisotopic (exact) mass is 243 g/mol. The first-order valence-electron chi connectivity index (χ1n) is 4.58. The normalized spacial score (nSPS) is 11.0. The first-order valence-corrected chi connectivity index (χ1v) is 4.58. The Kier molecular flexibility index (Phi) is 3.42. The molecule has 0 fully saturated rings. The van der Waals surface area contributed by atoms with Gasteiger partial charge in [-0.05, 0) is 24.1 Å². The van der Waals surface area contributed by atoms with Crippen LogP contribution in [0.2, 0.25) is 0 Å². The number of benzene rings is 1. The molecule has 0 aromatic heterocycles. The van der Waals surface area contributed by atoms with E-state index in [1.807, 2.05) is 0 Å². The molecular weight excluding hydrogens is 235 g/mol. The molecule has 0 aliphatic heterocycles. The Hall–Kier alpha value is -2.03. The van der Waals surface area contributed by atoms with Crippen molar-refractivity contribution in [2.24, 2.45) is 0 Å². The summed E-state index contributed by atoms with van der Waals surface area (Å²) in [5.41, 5.74) is -1.67. The van der Waals surface area contributed by atoms with Crippen LogP contribution in [0.25, 0.3) is 0 Å². The fraction of sp³-hybridized carbons (Fsp3) is 0.273. The first-order chi connectivity index (χ1) is 7.75. The van der Waals surface area contributed by atoms with Gasteiger partial charge in [-0.2, -0.15) is 18.4 Å². The van der Waals surface area contributed by atoms with Gasteiger partial charge in [-0.25, -0.2) is 0 Å². The van der Waals surface area contributed by atoms with Gasteiger partial charge in [0.25, 0.3) is 0 Å². The standard InChI is InChI=1S/C11H8F3NO2/c1-6-2-7(4-9(16)17)10(11(12,13)14)8(3-6)5-15/h2-3H,4H2,1H3,(H,16,17). The zero-order valence-electron chi connectivity index (χ0n) is 8.80. The second-order valence-electron chi connectivity index (χ2n) is 3.53. The number of carboxylic acid groups (broad SMARTS) is 1. The number of carbonyl (C=O) groups is 1. The highest BCUT2D eigenvalue weighted by atomic mass is 19.4. The number of hydrogen-bond acceptors (Lipinski definition) is 2. The molecule has 0 amide bonds. The molecule has 0 radical (unpaired) electrons. The number of hydrogen-bond donors (Lipinski definition) is 1. The Balaban J connectivity index is 3.51. The molecule has 17 heavy (non-hydrogen) atoms. The van der Waals surface area contributed by atoms with Crippen molar-refractivity contribution in [2.75, 3.05) is 0 Å². The molecule has 1 rings (SSSR count). The van der Waals surface area contributed by atoms with Crippen LogP contribution in [0, 0.1) is 18.3 Å². The summed E-state index contributed by atoms with van der Waals surface area (Å²) in [5.74, 6) is -1.37. The number of rotatable bonds is 2. The second-order valence-corrected chi connectivity index (χ2v) is 3.53. The van der Waals surface area contributed by atoms with E-state index in [0.717, 1.165) is 12.1 Å². The van der Waals surface area contributed by atoms with E-state index in [1.165, 1.54) is 13.0 Å². The summed E-state index contributed by atoms with van der Waals surface area (Å²) in [7, 11) is 0. The molecule has 0 saturated heterocycles. The number of carboxylic acids is 1. The quantitative estimate of drug-likeness (QED) is 0.868. The minimum atomic E-state index is -4.73. The van der Waals surface area contributed by atoms with E-state index in [9.17, 15) is 18.0 Å². The van der Waals surface area contributed by atoms with E-state index >= 15 is 0 Å². The minimum Gasteiger partial charge on any atom is -0.481 e. The number of aliphatic carboxylic acids is 1. The summed E-state index contributed by atoms with van der Waals surface area (Å²) in [4.78, 5) is 10.5. The summed E-state index contributed by atoms with van der Waals surface area (Å²) in [6.45, 7) is 1.51. The molecule has 0 aliphatic carbocycles. The molecule has 6 heteroatoms. The summed E-state index contributed by atoms with van der Waals surface area (Å²) in [6, 6.07) is 3.67. The lowest BCUT2D eigenvalue weighted by molar-refractivity contribution is -0.139. The maximum absolute atomic E-state index is 12.7. The van der Waals surface area contributed by atoms with E-state index < -0.39 is 29.7 Å². The van der Waals surface area contributed by atoms with Crippen molar-refractivity contribution in [3.05, 3.63) is 34.4 Å². The fourth-order valence-corrected chi connectivity index (χ4v) is 1.59. The molecule has 90 valence electrons. The predicted molar refractivity (Wildman–Crippen MR) is 52.2 cm³/mol. The van der Waals surface area contributed by atoms with E-state index in [0.29, 0.717) is 5.56 Å². The highest BCUT2D eigenvalue weighted by molar-refractivity contribution is 5.71. The largest absolute Gasteiger partial charge is 0.481 e. The van der Waals surface area contributed by atoms with Crippen molar-refractivity contribution in [2.45, 2.75) is 19.5 Å². The van der Waals surface area contributed by atoms with Gasteiger partial charge in [0.2, 0.25) is 0 Å². The third kappa shape index (κ3) is 2.97. The summed E-state index contributed by atoms with van der Waals surface area (Å²) in [6.07, 6.45) is -5.49. The predicted octanol–water partition coefficient (Wildman–Crippen LogP) is 2.51. The maximum atomic E-state index is 12.7. The topological polar surface area (TPSA) is 61.1 Å². The van der Waals surface area contributed by atoms with Gasteiger partial charge in [0.05, 0.1) is 23.6 Å². The van der Waals surface area contributed by atoms with Crippen LogP contribution < -0.4 is 0 Å². The highest BCUT2D eigenvalue weighted by Gasteiger charge is 2.36. The van der Waals surface area contributed by atoms with Crippen LogP contribution in [0.15, 0.2) is 12.1 Å². The zero-order valence-corrected chi connectivity index (χ0v) is 8.80. The van der Waals surface area contributed by atoms with E-state index in [2.05, 4.69) is 0 Å². The SMILES string of the molecule is Cc1cc(C#N)c(C(F)(F)F)c(CC(=O)O)c1. The number of aryl methyl sites for hydroxylation is 1. The van der Waals surface area contributed by atoms with Gasteiger partial charge < -0.3 is 5.11 Å². The third-order valence-corrected chi connectivity index (χ3v) is 2.11. The first kappa shape index (κ1) is 13.0. The number of nitriles is 1. The average molecular weight is 243 g/mol. The summed E-state index contributed by atoms with van der Waals surface area (Å²) in [5, 5.41) is 17.2. The number of halogens is 3. The van der Waals surface area contributed by atoms with Crippen molar-refractivity contribution < 1.29 is 23.1 Å². The maximum Gasteiger partial charge on any atom is 0.417 e. The highest BCUT2D eigenvalue weighted by Crippen LogP contribution is 2.35. The van der Waals surface area contributed by atoms with Crippen LogP contribution in [0.3, 0.4) is 0 Å². The van der Waals surface area contributed by atoms with Crippen LogP contribution in [-0.2, 0) is 17.4 Å². The minimum absolute atomic E-state index is 0.387. The van der Waals surface area contributed by atoms with Crippen LogP contribution in [-0.4, -0.2) is 11.1 Å². The molecule has 0 aliphatic rings. The Morgan fingerprint density at radius 2 is 2.06 bits per heavy atom. The van der Waals surface area contributed by atoms with Crippen molar-refractivity contribution >= 4 is 5.97 Å². The van der Waals surface area contributed by atoms with Crippen molar-refractivity contribution in [1.29, 1.82) is 5.26 Å². The van der Waals surface area contributed by atoms with Crippen molar-refractivity contribution in [3.8, 4) is 6.07 Å². The lowest BCUT2D eigenvalue weighted by atomic mass is 9.96. The lowest BCUT2D eigenvalue weighted by Crippen LogP contribution is -2.15. The molecule has 0 unspecified atom stereocenters. The average Bonchev–Trinajstić information content (AvgIpc) is 2.13. The molecule has 1 aromatic rings. The molecule has 0 spiro atoms. The van der Waals surface area contributed by atoms with E-state index in [1.54, 1.807) is 0 Å². The molecular formula is C11H8F3NO2. The van der Waals surface area contributed by atoms with Gasteiger partial charge in [0.1, 0.15) is 0 Å². The molecule has 3 nitrogen and oxygen atoms in total. The summed E-state index contributed by atoms with van der Waals surface area (Å²) < 4.78 is 38.2. The van der Waals surface area contributed by atoms with Gasteiger partial charge in [-0.15, -0.1) is 0 Å². The smallest absolute Gasteiger partial charge is 0.417 e. The third-order valence-electron chi connectivity index (χ3n) is 2.11.